The molecule has 0 aromatic carbocycles. The van der Waals surface area contributed by atoms with Gasteiger partial charge in [0.1, 0.15) is 11.4 Å². The number of allylic oxidation sites excluding steroid dienone is 1. The van der Waals surface area contributed by atoms with Gasteiger partial charge in [0, 0.05) is 43.0 Å². The maximum atomic E-state index is 12.3. The predicted octanol–water partition coefficient (Wildman–Crippen LogP) is 3.20. The van der Waals surface area contributed by atoms with E-state index in [1.54, 1.807) is 29.4 Å². The van der Waals surface area contributed by atoms with Gasteiger partial charge in [-0.3, -0.25) is 9.78 Å². The first-order chi connectivity index (χ1) is 11.3. The van der Waals surface area contributed by atoms with Gasteiger partial charge >= 0.3 is 6.09 Å². The van der Waals surface area contributed by atoms with Crippen LogP contribution in [0.1, 0.15) is 39.2 Å². The van der Waals surface area contributed by atoms with Gasteiger partial charge in [-0.25, -0.2) is 4.79 Å². The third-order valence-corrected chi connectivity index (χ3v) is 3.80. The van der Waals surface area contributed by atoms with Crippen molar-refractivity contribution in [2.45, 2.75) is 39.2 Å². The molecule has 2 rings (SSSR count). The van der Waals surface area contributed by atoms with E-state index in [1.807, 2.05) is 20.8 Å². The lowest BCUT2D eigenvalue weighted by Crippen LogP contribution is -2.42. The molecule has 0 atom stereocenters. The lowest BCUT2D eigenvalue weighted by molar-refractivity contribution is -0.119. The van der Waals surface area contributed by atoms with Crippen molar-refractivity contribution in [3.05, 3.63) is 36.2 Å². The van der Waals surface area contributed by atoms with Crippen molar-refractivity contribution in [2.75, 3.05) is 13.1 Å². The van der Waals surface area contributed by atoms with Crippen LogP contribution in [0.2, 0.25) is 0 Å². The standard InChI is InChI=1S/C18H24N2O4/c1-18(2,3)24-17(23)20-10-6-14(7-11-20)16(22)12-15(21)13-4-8-19-9-5-13/h4-5,8-9,12,14,21H,6-7,10-11H2,1-3H3/b15-12-. The molecule has 0 unspecified atom stereocenters. The summed E-state index contributed by atoms with van der Waals surface area (Å²) in [7, 11) is 0. The zero-order valence-electron chi connectivity index (χ0n) is 14.4. The largest absolute Gasteiger partial charge is 0.507 e. The number of carbonyl (C=O) groups is 2. The zero-order valence-corrected chi connectivity index (χ0v) is 14.4. The van der Waals surface area contributed by atoms with Crippen molar-refractivity contribution in [3.63, 3.8) is 0 Å². The van der Waals surface area contributed by atoms with Crippen LogP contribution in [0.5, 0.6) is 0 Å². The zero-order chi connectivity index (χ0) is 17.7. The van der Waals surface area contributed by atoms with Gasteiger partial charge in [0.05, 0.1) is 0 Å². The fourth-order valence-electron chi connectivity index (χ4n) is 2.53. The Morgan fingerprint density at radius 3 is 2.38 bits per heavy atom. The number of likely N-dealkylation sites (tertiary alicyclic amines) is 1. The van der Waals surface area contributed by atoms with Gasteiger partial charge in [-0.1, -0.05) is 0 Å². The van der Waals surface area contributed by atoms with Crippen molar-refractivity contribution in [1.29, 1.82) is 0 Å². The van der Waals surface area contributed by atoms with Crippen LogP contribution in [0.15, 0.2) is 30.6 Å². The summed E-state index contributed by atoms with van der Waals surface area (Å²) < 4.78 is 5.34. The molecule has 0 aliphatic carbocycles. The number of pyridine rings is 1. The van der Waals surface area contributed by atoms with E-state index >= 15 is 0 Å². The third kappa shape index (κ3) is 5.08. The first-order valence-electron chi connectivity index (χ1n) is 8.09. The normalized spacial score (nSPS) is 16.8. The van der Waals surface area contributed by atoms with Gasteiger partial charge in [0.2, 0.25) is 0 Å². The average molecular weight is 332 g/mol. The van der Waals surface area contributed by atoms with E-state index < -0.39 is 5.60 Å². The fraction of sp³-hybridized carbons (Fsp3) is 0.500. The second-order valence-electron chi connectivity index (χ2n) is 6.91. The highest BCUT2D eigenvalue weighted by atomic mass is 16.6. The fourth-order valence-corrected chi connectivity index (χ4v) is 2.53. The Balaban J connectivity index is 1.90. The van der Waals surface area contributed by atoms with E-state index in [0.717, 1.165) is 0 Å². The minimum absolute atomic E-state index is 0.0584. The number of ketones is 1. The minimum Gasteiger partial charge on any atom is -0.507 e. The number of nitrogens with zero attached hydrogens (tertiary/aromatic N) is 2. The number of aliphatic hydroxyl groups is 1. The van der Waals surface area contributed by atoms with E-state index in [2.05, 4.69) is 4.98 Å². The summed E-state index contributed by atoms with van der Waals surface area (Å²) in [5.41, 5.74) is 0.0348. The first-order valence-corrected chi connectivity index (χ1v) is 8.09. The molecule has 6 heteroatoms. The van der Waals surface area contributed by atoms with E-state index in [9.17, 15) is 14.7 Å². The summed E-state index contributed by atoms with van der Waals surface area (Å²) in [5, 5.41) is 10.0. The summed E-state index contributed by atoms with van der Waals surface area (Å²) in [6.45, 7) is 6.44. The molecule has 1 aliphatic rings. The van der Waals surface area contributed by atoms with Crippen molar-refractivity contribution < 1.29 is 19.4 Å². The number of aromatic nitrogens is 1. The molecule has 1 aliphatic heterocycles. The second-order valence-corrected chi connectivity index (χ2v) is 6.91. The number of hydrogen-bond donors (Lipinski definition) is 1. The molecule has 24 heavy (non-hydrogen) atoms. The van der Waals surface area contributed by atoms with Crippen LogP contribution in [0, 0.1) is 5.92 Å². The summed E-state index contributed by atoms with van der Waals surface area (Å²) >= 11 is 0. The van der Waals surface area contributed by atoms with Gasteiger partial charge in [-0.2, -0.15) is 0 Å². The van der Waals surface area contributed by atoms with Crippen LogP contribution < -0.4 is 0 Å². The SMILES string of the molecule is CC(C)(C)OC(=O)N1CCC(C(=O)/C=C(\O)c2ccncc2)CC1. The molecule has 130 valence electrons. The topological polar surface area (TPSA) is 79.7 Å². The summed E-state index contributed by atoms with van der Waals surface area (Å²) in [5.74, 6) is -0.363. The summed E-state index contributed by atoms with van der Waals surface area (Å²) in [6, 6.07) is 3.29. The summed E-state index contributed by atoms with van der Waals surface area (Å²) in [4.78, 5) is 29.8. The lowest BCUT2D eigenvalue weighted by Gasteiger charge is -2.32. The van der Waals surface area contributed by atoms with Crippen LogP contribution in [-0.2, 0) is 9.53 Å². The Bertz CT molecular complexity index is 612. The van der Waals surface area contributed by atoms with E-state index in [-0.39, 0.29) is 23.6 Å². The monoisotopic (exact) mass is 332 g/mol. The van der Waals surface area contributed by atoms with Crippen LogP contribution in [-0.4, -0.2) is 45.6 Å². The molecule has 6 nitrogen and oxygen atoms in total. The molecule has 1 fully saturated rings. The Morgan fingerprint density at radius 1 is 1.25 bits per heavy atom. The van der Waals surface area contributed by atoms with E-state index in [1.165, 1.54) is 6.08 Å². The maximum absolute atomic E-state index is 12.3. The van der Waals surface area contributed by atoms with Gasteiger partial charge in [-0.15, -0.1) is 0 Å². The number of rotatable bonds is 3. The minimum atomic E-state index is -0.525. The molecule has 1 N–H and O–H groups in total. The molecule has 1 amide bonds. The highest BCUT2D eigenvalue weighted by molar-refractivity contribution is 5.97. The second kappa shape index (κ2) is 7.47. The van der Waals surface area contributed by atoms with Crippen LogP contribution in [0.4, 0.5) is 4.79 Å². The lowest BCUT2D eigenvalue weighted by atomic mass is 9.92. The van der Waals surface area contributed by atoms with Crippen molar-refractivity contribution in [3.8, 4) is 0 Å². The molecule has 1 saturated heterocycles. The molecular formula is C18H24N2O4. The number of aliphatic hydroxyl groups excluding tert-OH is 1. The Kier molecular flexibility index (Phi) is 5.59. The molecule has 1 aromatic rings. The highest BCUT2D eigenvalue weighted by Gasteiger charge is 2.29. The number of ether oxygens (including phenoxy) is 1. The molecule has 2 heterocycles. The Labute approximate surface area is 142 Å². The Hall–Kier alpha value is -2.37. The molecule has 0 spiro atoms. The predicted molar refractivity (Wildman–Crippen MR) is 90.4 cm³/mol. The molecule has 0 radical (unpaired) electrons. The van der Waals surface area contributed by atoms with Crippen molar-refractivity contribution in [1.82, 2.24) is 9.88 Å². The molecule has 1 aromatic heterocycles. The number of piperidine rings is 1. The quantitative estimate of drug-likeness (QED) is 0.679. The van der Waals surface area contributed by atoms with Crippen molar-refractivity contribution >= 4 is 17.6 Å². The highest BCUT2D eigenvalue weighted by Crippen LogP contribution is 2.22. The van der Waals surface area contributed by atoms with Crippen molar-refractivity contribution in [2.24, 2.45) is 5.92 Å². The number of carbonyl (C=O) groups excluding carboxylic acids is 2. The third-order valence-electron chi connectivity index (χ3n) is 3.80. The van der Waals surface area contributed by atoms with Gasteiger partial charge in [-0.05, 0) is 45.7 Å². The van der Waals surface area contributed by atoms with E-state index in [4.69, 9.17) is 4.74 Å². The molecular weight excluding hydrogens is 308 g/mol. The van der Waals surface area contributed by atoms with Crippen LogP contribution in [0.3, 0.4) is 0 Å². The van der Waals surface area contributed by atoms with E-state index in [0.29, 0.717) is 31.5 Å². The van der Waals surface area contributed by atoms with Gasteiger partial charge < -0.3 is 14.7 Å². The maximum Gasteiger partial charge on any atom is 0.410 e. The smallest absolute Gasteiger partial charge is 0.410 e. The number of hydrogen-bond acceptors (Lipinski definition) is 5. The van der Waals surface area contributed by atoms with Gasteiger partial charge in [0.25, 0.3) is 0 Å². The first kappa shape index (κ1) is 18.0. The van der Waals surface area contributed by atoms with Crippen LogP contribution >= 0.6 is 0 Å². The Morgan fingerprint density at radius 2 is 1.83 bits per heavy atom. The molecule has 0 bridgehead atoms. The molecule has 0 saturated carbocycles. The average Bonchev–Trinajstić information content (AvgIpc) is 2.54. The van der Waals surface area contributed by atoms with Crippen LogP contribution in [0.25, 0.3) is 5.76 Å². The number of amides is 1. The van der Waals surface area contributed by atoms with Gasteiger partial charge in [0.15, 0.2) is 5.78 Å². The summed E-state index contributed by atoms with van der Waals surface area (Å²) in [6.07, 6.45) is 5.18.